The molecule has 0 bridgehead atoms. The van der Waals surface area contributed by atoms with E-state index >= 15 is 0 Å². The van der Waals surface area contributed by atoms with Crippen LogP contribution in [-0.4, -0.2) is 6.03 Å². The van der Waals surface area contributed by atoms with Crippen molar-refractivity contribution in [3.05, 3.63) is 70.3 Å². The maximum absolute atomic E-state index is 11.9. The van der Waals surface area contributed by atoms with Gasteiger partial charge < -0.3 is 10.6 Å². The number of hydrogen-bond donors (Lipinski definition) is 2. The van der Waals surface area contributed by atoms with Crippen LogP contribution in [0, 0.1) is 0 Å². The molecule has 2 rings (SSSR count). The van der Waals surface area contributed by atoms with Crippen molar-refractivity contribution in [2.45, 2.75) is 26.2 Å². The van der Waals surface area contributed by atoms with Crippen LogP contribution >= 0.6 is 15.9 Å². The van der Waals surface area contributed by atoms with Crippen molar-refractivity contribution in [1.82, 2.24) is 5.32 Å². The molecule has 0 aliphatic heterocycles. The Labute approximate surface area is 145 Å². The van der Waals surface area contributed by atoms with Crippen molar-refractivity contribution in [3.8, 4) is 0 Å². The van der Waals surface area contributed by atoms with Crippen LogP contribution in [0.25, 0.3) is 6.08 Å². The summed E-state index contributed by atoms with van der Waals surface area (Å²) in [7, 11) is 0. The van der Waals surface area contributed by atoms with E-state index in [4.69, 9.17) is 0 Å². The number of benzene rings is 2. The number of halogens is 1. The molecule has 23 heavy (non-hydrogen) atoms. The van der Waals surface area contributed by atoms with E-state index in [9.17, 15) is 4.79 Å². The largest absolute Gasteiger partial charge is 0.323 e. The smallest absolute Gasteiger partial charge is 0.314 e. The van der Waals surface area contributed by atoms with Gasteiger partial charge in [0.25, 0.3) is 0 Å². The van der Waals surface area contributed by atoms with Crippen LogP contribution in [-0.2, 0) is 5.41 Å². The van der Waals surface area contributed by atoms with Crippen molar-refractivity contribution >= 4 is 33.7 Å². The van der Waals surface area contributed by atoms with Gasteiger partial charge in [-0.25, -0.2) is 4.79 Å². The second-order valence-corrected chi connectivity index (χ2v) is 7.13. The normalized spacial score (nSPS) is 11.5. The van der Waals surface area contributed by atoms with E-state index in [1.807, 2.05) is 54.6 Å². The Bertz CT molecular complexity index is 700. The lowest BCUT2D eigenvalue weighted by Crippen LogP contribution is -2.23. The molecule has 2 N–H and O–H groups in total. The Balaban J connectivity index is 1.91. The van der Waals surface area contributed by atoms with Gasteiger partial charge in [0.1, 0.15) is 0 Å². The van der Waals surface area contributed by atoms with Gasteiger partial charge >= 0.3 is 6.03 Å². The molecule has 2 aromatic carbocycles. The number of anilines is 1. The summed E-state index contributed by atoms with van der Waals surface area (Å²) in [5.74, 6) is 0. The predicted molar refractivity (Wildman–Crippen MR) is 100 cm³/mol. The minimum atomic E-state index is -0.267. The number of nitrogens with one attached hydrogen (secondary N) is 2. The molecule has 3 nitrogen and oxygen atoms in total. The van der Waals surface area contributed by atoms with Gasteiger partial charge in [-0.15, -0.1) is 0 Å². The van der Waals surface area contributed by atoms with Gasteiger partial charge in [-0.2, -0.15) is 0 Å². The molecule has 0 aliphatic rings. The highest BCUT2D eigenvalue weighted by Crippen LogP contribution is 2.23. The summed E-state index contributed by atoms with van der Waals surface area (Å²) in [5.41, 5.74) is 3.11. The lowest BCUT2D eigenvalue weighted by Gasteiger charge is -2.19. The molecule has 0 fully saturated rings. The Morgan fingerprint density at radius 1 is 1.04 bits per heavy atom. The van der Waals surface area contributed by atoms with E-state index in [2.05, 4.69) is 47.3 Å². The minimum Gasteiger partial charge on any atom is -0.314 e. The first-order chi connectivity index (χ1) is 10.9. The SMILES string of the molecule is CC(C)(C)c1ccc(NC(=O)N/C=C/c2ccccc2Br)cc1. The summed E-state index contributed by atoms with van der Waals surface area (Å²) in [5, 5.41) is 5.51. The molecule has 0 saturated carbocycles. The summed E-state index contributed by atoms with van der Waals surface area (Å²) in [6.45, 7) is 6.48. The van der Waals surface area contributed by atoms with Crippen molar-refractivity contribution < 1.29 is 4.79 Å². The highest BCUT2D eigenvalue weighted by molar-refractivity contribution is 9.10. The molecule has 0 radical (unpaired) electrons. The molecule has 0 saturated heterocycles. The predicted octanol–water partition coefficient (Wildman–Crippen LogP) is 5.54. The van der Waals surface area contributed by atoms with Gasteiger partial charge in [0, 0.05) is 16.4 Å². The summed E-state index contributed by atoms with van der Waals surface area (Å²) in [4.78, 5) is 11.9. The summed E-state index contributed by atoms with van der Waals surface area (Å²) in [6.07, 6.45) is 3.46. The van der Waals surface area contributed by atoms with E-state index < -0.39 is 0 Å². The lowest BCUT2D eigenvalue weighted by atomic mass is 9.87. The summed E-state index contributed by atoms with van der Waals surface area (Å²) >= 11 is 3.46. The monoisotopic (exact) mass is 372 g/mol. The molecule has 0 unspecified atom stereocenters. The second kappa shape index (κ2) is 7.47. The van der Waals surface area contributed by atoms with Crippen molar-refractivity contribution in [1.29, 1.82) is 0 Å². The van der Waals surface area contributed by atoms with E-state index in [1.54, 1.807) is 6.20 Å². The third-order valence-electron chi connectivity index (χ3n) is 3.39. The second-order valence-electron chi connectivity index (χ2n) is 6.28. The zero-order valence-electron chi connectivity index (χ0n) is 13.6. The fraction of sp³-hybridized carbons (Fsp3) is 0.211. The molecular weight excluding hydrogens is 352 g/mol. The maximum Gasteiger partial charge on any atom is 0.323 e. The maximum atomic E-state index is 11.9. The first kappa shape index (κ1) is 17.3. The molecular formula is C19H21BrN2O. The highest BCUT2D eigenvalue weighted by Gasteiger charge is 2.12. The molecule has 2 aromatic rings. The van der Waals surface area contributed by atoms with Gasteiger partial charge in [-0.3, -0.25) is 0 Å². The molecule has 120 valence electrons. The van der Waals surface area contributed by atoms with Crippen molar-refractivity contribution in [2.75, 3.05) is 5.32 Å². The Hall–Kier alpha value is -2.07. The number of amides is 2. The fourth-order valence-corrected chi connectivity index (χ4v) is 2.46. The molecule has 0 aliphatic carbocycles. The van der Waals surface area contributed by atoms with Crippen LogP contribution in [0.3, 0.4) is 0 Å². The van der Waals surface area contributed by atoms with Crippen LogP contribution in [0.1, 0.15) is 31.9 Å². The van der Waals surface area contributed by atoms with E-state index in [0.717, 1.165) is 15.7 Å². The quantitative estimate of drug-likeness (QED) is 0.729. The van der Waals surface area contributed by atoms with Gasteiger partial charge in [0.2, 0.25) is 0 Å². The summed E-state index contributed by atoms with van der Waals surface area (Å²) in [6, 6.07) is 15.4. The number of carbonyl (C=O) groups is 1. The van der Waals surface area contributed by atoms with Crippen molar-refractivity contribution in [2.24, 2.45) is 0 Å². The molecule has 0 atom stereocenters. The van der Waals surface area contributed by atoms with Crippen LogP contribution in [0.5, 0.6) is 0 Å². The fourth-order valence-electron chi connectivity index (χ4n) is 2.04. The van der Waals surface area contributed by atoms with E-state index in [-0.39, 0.29) is 11.4 Å². The lowest BCUT2D eigenvalue weighted by molar-refractivity contribution is 0.255. The first-order valence-corrected chi connectivity index (χ1v) is 8.25. The average molecular weight is 373 g/mol. The van der Waals surface area contributed by atoms with E-state index in [1.165, 1.54) is 5.56 Å². The van der Waals surface area contributed by atoms with Crippen LogP contribution in [0.4, 0.5) is 10.5 Å². The number of hydrogen-bond acceptors (Lipinski definition) is 1. The number of rotatable bonds is 3. The third-order valence-corrected chi connectivity index (χ3v) is 4.11. The molecule has 0 aromatic heterocycles. The van der Waals surface area contributed by atoms with Crippen LogP contribution in [0.2, 0.25) is 0 Å². The molecule has 4 heteroatoms. The Kier molecular flexibility index (Phi) is 5.61. The van der Waals surface area contributed by atoms with Crippen molar-refractivity contribution in [3.63, 3.8) is 0 Å². The molecule has 2 amide bonds. The van der Waals surface area contributed by atoms with Gasteiger partial charge in [-0.1, -0.05) is 67.0 Å². The standard InChI is InChI=1S/C19H21BrN2O/c1-19(2,3)15-8-10-16(11-9-15)22-18(23)21-13-12-14-6-4-5-7-17(14)20/h4-13H,1-3H3,(H2,21,22,23)/b13-12+. The first-order valence-electron chi connectivity index (χ1n) is 7.45. The minimum absolute atomic E-state index is 0.104. The van der Waals surface area contributed by atoms with Crippen LogP contribution < -0.4 is 10.6 Å². The van der Waals surface area contributed by atoms with Gasteiger partial charge in [0.05, 0.1) is 0 Å². The highest BCUT2D eigenvalue weighted by atomic mass is 79.9. The topological polar surface area (TPSA) is 41.1 Å². The van der Waals surface area contributed by atoms with Gasteiger partial charge in [-0.05, 0) is 40.8 Å². The Morgan fingerprint density at radius 3 is 2.30 bits per heavy atom. The summed E-state index contributed by atoms with van der Waals surface area (Å²) < 4.78 is 0.983. The van der Waals surface area contributed by atoms with Gasteiger partial charge in [0.15, 0.2) is 0 Å². The molecule has 0 heterocycles. The third kappa shape index (κ3) is 5.25. The zero-order valence-corrected chi connectivity index (χ0v) is 15.1. The number of carbonyl (C=O) groups excluding carboxylic acids is 1. The van der Waals surface area contributed by atoms with E-state index in [0.29, 0.717) is 0 Å². The molecule has 0 spiro atoms. The zero-order chi connectivity index (χ0) is 16.9. The Morgan fingerprint density at radius 2 is 1.70 bits per heavy atom. The average Bonchev–Trinajstić information content (AvgIpc) is 2.49. The van der Waals surface area contributed by atoms with Crippen LogP contribution in [0.15, 0.2) is 59.2 Å². The number of urea groups is 1.